The minimum absolute atomic E-state index is 0.0645. The van der Waals surface area contributed by atoms with Gasteiger partial charge in [0.25, 0.3) is 0 Å². The fourth-order valence-corrected chi connectivity index (χ4v) is 3.30. The Morgan fingerprint density at radius 3 is 2.48 bits per heavy atom. The summed E-state index contributed by atoms with van der Waals surface area (Å²) in [6.07, 6.45) is 2.04. The van der Waals surface area contributed by atoms with E-state index < -0.39 is 0 Å². The van der Waals surface area contributed by atoms with Crippen molar-refractivity contribution in [1.29, 1.82) is 0 Å². The number of hydrogen-bond donors (Lipinski definition) is 1. The predicted molar refractivity (Wildman–Crippen MR) is 101 cm³/mol. The summed E-state index contributed by atoms with van der Waals surface area (Å²) in [5, 5.41) is 5.40. The molecule has 3 rings (SSSR count). The van der Waals surface area contributed by atoms with Crippen LogP contribution in [0.4, 0.5) is 0 Å². The van der Waals surface area contributed by atoms with E-state index in [0.29, 0.717) is 18.2 Å². The molecular formula is C20H29N3O2. The smallest absolute Gasteiger partial charge is 0.167 e. The third kappa shape index (κ3) is 4.48. The highest BCUT2D eigenvalue weighted by molar-refractivity contribution is 5.94. The summed E-state index contributed by atoms with van der Waals surface area (Å²) in [5.74, 6) is 0.480. The van der Waals surface area contributed by atoms with Crippen LogP contribution in [0.5, 0.6) is 0 Å². The summed E-state index contributed by atoms with van der Waals surface area (Å²) < 4.78 is 5.42. The summed E-state index contributed by atoms with van der Waals surface area (Å²) >= 11 is 0. The van der Waals surface area contributed by atoms with Crippen LogP contribution in [0, 0.1) is 0 Å². The highest BCUT2D eigenvalue weighted by Crippen LogP contribution is 2.32. The van der Waals surface area contributed by atoms with Crippen LogP contribution in [0.25, 0.3) is 11.0 Å². The first-order valence-corrected chi connectivity index (χ1v) is 9.09. The molecule has 0 bridgehead atoms. The van der Waals surface area contributed by atoms with Gasteiger partial charge in [0.2, 0.25) is 0 Å². The largest absolute Gasteiger partial charge is 0.402 e. The van der Waals surface area contributed by atoms with Crippen molar-refractivity contribution in [2.75, 3.05) is 19.6 Å². The van der Waals surface area contributed by atoms with Crippen LogP contribution < -0.4 is 5.73 Å². The van der Waals surface area contributed by atoms with Crippen LogP contribution in [0.3, 0.4) is 0 Å². The number of piperidine rings is 1. The van der Waals surface area contributed by atoms with Gasteiger partial charge in [-0.2, -0.15) is 0 Å². The fourth-order valence-electron chi connectivity index (χ4n) is 3.30. The molecule has 0 unspecified atom stereocenters. The molecule has 1 aromatic heterocycles. The van der Waals surface area contributed by atoms with Gasteiger partial charge in [0.15, 0.2) is 11.4 Å². The molecule has 1 aliphatic heterocycles. The Balaban J connectivity index is 0.00000109. The van der Waals surface area contributed by atoms with E-state index in [1.165, 1.54) is 0 Å². The molecule has 2 aromatic rings. The second-order valence-corrected chi connectivity index (χ2v) is 6.33. The van der Waals surface area contributed by atoms with Crippen LogP contribution in [-0.2, 0) is 4.79 Å². The van der Waals surface area contributed by atoms with Crippen LogP contribution >= 0.6 is 0 Å². The normalized spacial score (nSPS) is 17.0. The molecule has 2 N–H and O–H groups in total. The van der Waals surface area contributed by atoms with E-state index >= 15 is 0 Å². The maximum absolute atomic E-state index is 11.7. The second-order valence-electron chi connectivity index (χ2n) is 6.33. The number of nitrogens with zero attached hydrogens (tertiary/aromatic N) is 2. The number of likely N-dealkylation sites (tertiary alicyclic amines) is 1. The Morgan fingerprint density at radius 2 is 1.88 bits per heavy atom. The van der Waals surface area contributed by atoms with Crippen molar-refractivity contribution < 1.29 is 9.32 Å². The molecule has 0 atom stereocenters. The monoisotopic (exact) mass is 343 g/mol. The summed E-state index contributed by atoms with van der Waals surface area (Å²) in [7, 11) is 0. The van der Waals surface area contributed by atoms with E-state index in [4.69, 9.17) is 10.3 Å². The Kier molecular flexibility index (Phi) is 6.76. The number of ketones is 1. The molecular weight excluding hydrogens is 314 g/mol. The molecule has 5 heteroatoms. The molecule has 25 heavy (non-hydrogen) atoms. The predicted octanol–water partition coefficient (Wildman–Crippen LogP) is 3.86. The SMILES string of the molecule is CC.CC(=O)/C(CN1CCC(c2noc3ccccc23)CC1)=C(/C)N. The Bertz CT molecular complexity index is 736. The molecule has 0 radical (unpaired) electrons. The van der Waals surface area contributed by atoms with E-state index in [-0.39, 0.29) is 5.78 Å². The van der Waals surface area contributed by atoms with Gasteiger partial charge in [0.05, 0.1) is 5.69 Å². The third-order valence-electron chi connectivity index (χ3n) is 4.66. The Labute approximate surface area is 149 Å². The number of fused-ring (bicyclic) bond motifs is 1. The zero-order valence-electron chi connectivity index (χ0n) is 15.7. The maximum Gasteiger partial charge on any atom is 0.167 e. The maximum atomic E-state index is 11.7. The van der Waals surface area contributed by atoms with Gasteiger partial charge in [0.1, 0.15) is 0 Å². The molecule has 136 valence electrons. The van der Waals surface area contributed by atoms with Crippen LogP contribution in [0.2, 0.25) is 0 Å². The highest BCUT2D eigenvalue weighted by atomic mass is 16.5. The van der Waals surface area contributed by atoms with Crippen molar-refractivity contribution in [2.45, 2.75) is 46.5 Å². The Hall–Kier alpha value is -2.14. The lowest BCUT2D eigenvalue weighted by atomic mass is 9.91. The van der Waals surface area contributed by atoms with Crippen molar-refractivity contribution >= 4 is 16.8 Å². The lowest BCUT2D eigenvalue weighted by molar-refractivity contribution is -0.113. The van der Waals surface area contributed by atoms with Gasteiger partial charge in [-0.25, -0.2) is 0 Å². The summed E-state index contributed by atoms with van der Waals surface area (Å²) in [5.41, 5.74) is 9.11. The number of nitrogens with two attached hydrogens (primary N) is 1. The molecule has 0 amide bonds. The van der Waals surface area contributed by atoms with E-state index in [9.17, 15) is 4.79 Å². The first-order valence-electron chi connectivity index (χ1n) is 9.09. The average Bonchev–Trinajstić information content (AvgIpc) is 3.05. The van der Waals surface area contributed by atoms with E-state index in [1.54, 1.807) is 13.8 Å². The quantitative estimate of drug-likeness (QED) is 0.854. The van der Waals surface area contributed by atoms with Crippen molar-refractivity contribution in [3.63, 3.8) is 0 Å². The summed E-state index contributed by atoms with van der Waals surface area (Å²) in [6, 6.07) is 8.01. The van der Waals surface area contributed by atoms with Crippen molar-refractivity contribution in [3.05, 3.63) is 41.2 Å². The first-order chi connectivity index (χ1) is 12.1. The number of allylic oxidation sites excluding steroid dienone is 1. The topological polar surface area (TPSA) is 72.4 Å². The number of rotatable bonds is 4. The van der Waals surface area contributed by atoms with Crippen molar-refractivity contribution in [1.82, 2.24) is 10.1 Å². The minimum Gasteiger partial charge on any atom is -0.402 e. The second kappa shape index (κ2) is 8.81. The van der Waals surface area contributed by atoms with Crippen molar-refractivity contribution in [2.24, 2.45) is 5.73 Å². The molecule has 0 saturated carbocycles. The van der Waals surface area contributed by atoms with Crippen LogP contribution in [-0.4, -0.2) is 35.5 Å². The van der Waals surface area contributed by atoms with E-state index in [1.807, 2.05) is 32.0 Å². The molecule has 1 aliphatic rings. The Morgan fingerprint density at radius 1 is 1.24 bits per heavy atom. The average molecular weight is 343 g/mol. The highest BCUT2D eigenvalue weighted by Gasteiger charge is 2.25. The lowest BCUT2D eigenvalue weighted by Crippen LogP contribution is -2.36. The molecule has 0 spiro atoms. The molecule has 0 aliphatic carbocycles. The molecule has 2 heterocycles. The number of carbonyl (C=O) groups is 1. The van der Waals surface area contributed by atoms with Gasteiger partial charge >= 0.3 is 0 Å². The standard InChI is InChI=1S/C18H23N3O2.C2H6/c1-12(19)16(13(2)22)11-21-9-7-14(8-10-21)18-15-5-3-4-6-17(15)23-20-18;1-2/h3-6,14H,7-11,19H2,1-2H3;1-2H3/b16-12-;. The third-order valence-corrected chi connectivity index (χ3v) is 4.66. The van der Waals surface area contributed by atoms with Gasteiger partial charge in [-0.1, -0.05) is 31.1 Å². The van der Waals surface area contributed by atoms with Crippen LogP contribution in [0.1, 0.15) is 52.1 Å². The minimum atomic E-state index is 0.0645. The summed E-state index contributed by atoms with van der Waals surface area (Å²) in [4.78, 5) is 14.0. The lowest BCUT2D eigenvalue weighted by Gasteiger charge is -2.31. The molecule has 5 nitrogen and oxygen atoms in total. The zero-order chi connectivity index (χ0) is 18.4. The van der Waals surface area contributed by atoms with Gasteiger partial charge in [-0.15, -0.1) is 0 Å². The van der Waals surface area contributed by atoms with Crippen LogP contribution in [0.15, 0.2) is 40.1 Å². The van der Waals surface area contributed by atoms with Gasteiger partial charge in [0, 0.05) is 29.1 Å². The molecule has 1 saturated heterocycles. The van der Waals surface area contributed by atoms with Gasteiger partial charge in [-0.05, 0) is 51.9 Å². The number of hydrogen-bond acceptors (Lipinski definition) is 5. The van der Waals surface area contributed by atoms with Crippen molar-refractivity contribution in [3.8, 4) is 0 Å². The number of benzene rings is 1. The number of Topliss-reactive ketones (excluding diaryl/α,β-unsaturated/α-hetero) is 1. The van der Waals surface area contributed by atoms with Gasteiger partial charge < -0.3 is 10.3 Å². The number of carbonyl (C=O) groups excluding carboxylic acids is 1. The van der Waals surface area contributed by atoms with E-state index in [2.05, 4.69) is 16.1 Å². The summed E-state index contributed by atoms with van der Waals surface area (Å²) in [6.45, 7) is 9.90. The zero-order valence-corrected chi connectivity index (χ0v) is 15.7. The molecule has 1 fully saturated rings. The van der Waals surface area contributed by atoms with E-state index in [0.717, 1.165) is 48.2 Å². The molecule has 1 aromatic carbocycles. The van der Waals surface area contributed by atoms with Gasteiger partial charge in [-0.3, -0.25) is 9.69 Å². The number of para-hydroxylation sites is 1. The number of aromatic nitrogens is 1. The first kappa shape index (κ1) is 19.2. The fraction of sp³-hybridized carbons (Fsp3) is 0.500.